The molecule has 0 heterocycles. The van der Waals surface area contributed by atoms with Crippen molar-refractivity contribution in [1.29, 1.82) is 0 Å². The molecule has 0 bridgehead atoms. The highest BCUT2D eigenvalue weighted by molar-refractivity contribution is 5.73. The fraction of sp³-hybridized carbons (Fsp3) is 0.400. The summed E-state index contributed by atoms with van der Waals surface area (Å²) in [6.07, 6.45) is 0. The Balaban J connectivity index is 2.37. The first-order chi connectivity index (χ1) is 13.0. The Hall–Kier alpha value is -2.96. The van der Waals surface area contributed by atoms with Gasteiger partial charge in [-0.15, -0.1) is 5.11 Å². The number of hydrogen-bond acceptors (Lipinski definition) is 6. The lowest BCUT2D eigenvalue weighted by atomic mass is 10.2. The van der Waals surface area contributed by atoms with Crippen molar-refractivity contribution in [2.24, 2.45) is 10.2 Å². The SMILES string of the molecule is CCN(CC)c1ccc(N=Nc2ccc([N+](=O)[O-])cc2)c(N(CC)CC)c1. The molecule has 7 heteroatoms. The second-order valence-electron chi connectivity index (χ2n) is 5.99. The molecule has 0 aliphatic heterocycles. The lowest BCUT2D eigenvalue weighted by Gasteiger charge is -2.26. The fourth-order valence-corrected chi connectivity index (χ4v) is 2.95. The maximum Gasteiger partial charge on any atom is 0.269 e. The van der Waals surface area contributed by atoms with Gasteiger partial charge in [0.05, 0.1) is 16.3 Å². The summed E-state index contributed by atoms with van der Waals surface area (Å²) in [7, 11) is 0. The van der Waals surface area contributed by atoms with Gasteiger partial charge in [-0.1, -0.05) is 0 Å². The van der Waals surface area contributed by atoms with Crippen LogP contribution in [0.15, 0.2) is 52.7 Å². The van der Waals surface area contributed by atoms with Gasteiger partial charge in [0.25, 0.3) is 5.69 Å². The summed E-state index contributed by atoms with van der Waals surface area (Å²) >= 11 is 0. The molecule has 2 aromatic carbocycles. The molecule has 27 heavy (non-hydrogen) atoms. The number of non-ortho nitro benzene ring substituents is 1. The number of azo groups is 1. The van der Waals surface area contributed by atoms with Crippen LogP contribution in [0.1, 0.15) is 27.7 Å². The van der Waals surface area contributed by atoms with E-state index >= 15 is 0 Å². The van der Waals surface area contributed by atoms with E-state index in [4.69, 9.17) is 0 Å². The predicted molar refractivity (Wildman–Crippen MR) is 111 cm³/mol. The Bertz CT molecular complexity index is 781. The van der Waals surface area contributed by atoms with Gasteiger partial charge in [0.1, 0.15) is 5.69 Å². The molecule has 0 amide bonds. The van der Waals surface area contributed by atoms with E-state index in [1.807, 2.05) is 6.07 Å². The van der Waals surface area contributed by atoms with E-state index in [0.29, 0.717) is 5.69 Å². The molecule has 7 nitrogen and oxygen atoms in total. The van der Waals surface area contributed by atoms with Gasteiger partial charge in [-0.2, -0.15) is 5.11 Å². The fourth-order valence-electron chi connectivity index (χ4n) is 2.95. The first kappa shape index (κ1) is 20.4. The van der Waals surface area contributed by atoms with E-state index in [0.717, 1.165) is 43.2 Å². The molecule has 0 N–H and O–H groups in total. The Morgan fingerprint density at radius 1 is 0.852 bits per heavy atom. The smallest absolute Gasteiger partial charge is 0.269 e. The van der Waals surface area contributed by atoms with Gasteiger partial charge < -0.3 is 9.80 Å². The van der Waals surface area contributed by atoms with Crippen LogP contribution in [0.25, 0.3) is 0 Å². The summed E-state index contributed by atoms with van der Waals surface area (Å²) < 4.78 is 0. The minimum Gasteiger partial charge on any atom is -0.372 e. The Morgan fingerprint density at radius 2 is 1.44 bits per heavy atom. The summed E-state index contributed by atoms with van der Waals surface area (Å²) in [5, 5.41) is 19.4. The van der Waals surface area contributed by atoms with E-state index in [2.05, 4.69) is 59.9 Å². The third-order valence-corrected chi connectivity index (χ3v) is 4.53. The zero-order valence-electron chi connectivity index (χ0n) is 16.4. The molecular formula is C20H27N5O2. The third kappa shape index (κ3) is 5.03. The van der Waals surface area contributed by atoms with Gasteiger partial charge in [0, 0.05) is 44.0 Å². The average molecular weight is 369 g/mol. The van der Waals surface area contributed by atoms with Crippen LogP contribution in [0, 0.1) is 10.1 Å². The van der Waals surface area contributed by atoms with Crippen LogP contribution in [0.3, 0.4) is 0 Å². The van der Waals surface area contributed by atoms with Gasteiger partial charge in [-0.05, 0) is 58.0 Å². The number of benzene rings is 2. The van der Waals surface area contributed by atoms with Crippen LogP contribution in [0.4, 0.5) is 28.4 Å². The average Bonchev–Trinajstić information content (AvgIpc) is 2.69. The van der Waals surface area contributed by atoms with Crippen LogP contribution in [0.5, 0.6) is 0 Å². The Morgan fingerprint density at radius 3 is 1.96 bits per heavy atom. The second kappa shape index (κ2) is 9.66. The van der Waals surface area contributed by atoms with E-state index in [-0.39, 0.29) is 5.69 Å². The van der Waals surface area contributed by atoms with Gasteiger partial charge in [0.15, 0.2) is 0 Å². The van der Waals surface area contributed by atoms with E-state index < -0.39 is 4.92 Å². The Kier molecular flexibility index (Phi) is 7.28. The maximum atomic E-state index is 10.8. The first-order valence-corrected chi connectivity index (χ1v) is 9.34. The van der Waals surface area contributed by atoms with Crippen molar-refractivity contribution in [3.63, 3.8) is 0 Å². The monoisotopic (exact) mass is 369 g/mol. The first-order valence-electron chi connectivity index (χ1n) is 9.34. The van der Waals surface area contributed by atoms with Gasteiger partial charge in [-0.3, -0.25) is 10.1 Å². The van der Waals surface area contributed by atoms with E-state index in [9.17, 15) is 10.1 Å². The molecule has 0 spiro atoms. The van der Waals surface area contributed by atoms with Gasteiger partial charge in [0.2, 0.25) is 0 Å². The number of rotatable bonds is 9. The molecule has 0 saturated heterocycles. The van der Waals surface area contributed by atoms with Crippen molar-refractivity contribution < 1.29 is 4.92 Å². The van der Waals surface area contributed by atoms with Crippen molar-refractivity contribution in [3.8, 4) is 0 Å². The zero-order valence-corrected chi connectivity index (χ0v) is 16.4. The van der Waals surface area contributed by atoms with Crippen LogP contribution < -0.4 is 9.80 Å². The van der Waals surface area contributed by atoms with Crippen molar-refractivity contribution in [3.05, 3.63) is 52.6 Å². The lowest BCUT2D eigenvalue weighted by Crippen LogP contribution is -2.24. The summed E-state index contributed by atoms with van der Waals surface area (Å²) in [5.41, 5.74) is 3.61. The highest BCUT2D eigenvalue weighted by Crippen LogP contribution is 2.34. The molecule has 0 saturated carbocycles. The molecule has 0 aliphatic rings. The van der Waals surface area contributed by atoms with E-state index in [1.165, 1.54) is 12.1 Å². The van der Waals surface area contributed by atoms with Crippen molar-refractivity contribution in [2.45, 2.75) is 27.7 Å². The van der Waals surface area contributed by atoms with Gasteiger partial charge in [-0.25, -0.2) is 0 Å². The molecule has 0 radical (unpaired) electrons. The number of anilines is 2. The molecule has 144 valence electrons. The number of nitrogens with zero attached hydrogens (tertiary/aromatic N) is 5. The zero-order chi connectivity index (χ0) is 19.8. The van der Waals surface area contributed by atoms with Crippen LogP contribution in [-0.4, -0.2) is 31.1 Å². The molecule has 2 aromatic rings. The maximum absolute atomic E-state index is 10.8. The molecule has 0 aliphatic carbocycles. The number of nitro benzene ring substituents is 1. The van der Waals surface area contributed by atoms with Crippen molar-refractivity contribution in [1.82, 2.24) is 0 Å². The Labute approximate surface area is 160 Å². The topological polar surface area (TPSA) is 74.3 Å². The highest BCUT2D eigenvalue weighted by atomic mass is 16.6. The molecule has 0 aromatic heterocycles. The number of nitro groups is 1. The quantitative estimate of drug-likeness (QED) is 0.323. The molecule has 0 unspecified atom stereocenters. The molecule has 0 fully saturated rings. The van der Waals surface area contributed by atoms with Gasteiger partial charge >= 0.3 is 0 Å². The molecule has 2 rings (SSSR count). The summed E-state index contributed by atoms with van der Waals surface area (Å²) in [5.74, 6) is 0. The lowest BCUT2D eigenvalue weighted by molar-refractivity contribution is -0.384. The summed E-state index contributed by atoms with van der Waals surface area (Å²) in [6.45, 7) is 12.1. The van der Waals surface area contributed by atoms with Crippen LogP contribution in [0.2, 0.25) is 0 Å². The highest BCUT2D eigenvalue weighted by Gasteiger charge is 2.12. The molecular weight excluding hydrogens is 342 g/mol. The largest absolute Gasteiger partial charge is 0.372 e. The third-order valence-electron chi connectivity index (χ3n) is 4.53. The standard InChI is InChI=1S/C20H27N5O2/c1-5-23(6-2)18-13-14-19(20(15-18)24(7-3)8-4)22-21-16-9-11-17(12-10-16)25(26)27/h9-15H,5-8H2,1-4H3. The summed E-state index contributed by atoms with van der Waals surface area (Å²) in [6, 6.07) is 12.3. The van der Waals surface area contributed by atoms with Crippen LogP contribution >= 0.6 is 0 Å². The van der Waals surface area contributed by atoms with E-state index in [1.54, 1.807) is 12.1 Å². The van der Waals surface area contributed by atoms with Crippen molar-refractivity contribution >= 4 is 28.4 Å². The van der Waals surface area contributed by atoms with Crippen LogP contribution in [-0.2, 0) is 0 Å². The minimum atomic E-state index is -0.425. The minimum absolute atomic E-state index is 0.0429. The van der Waals surface area contributed by atoms with Crippen molar-refractivity contribution in [2.75, 3.05) is 36.0 Å². The summed E-state index contributed by atoms with van der Waals surface area (Å²) in [4.78, 5) is 14.9. The molecule has 0 atom stereocenters. The number of hydrogen-bond donors (Lipinski definition) is 0. The normalized spacial score (nSPS) is 11.0. The predicted octanol–water partition coefficient (Wildman–Crippen LogP) is 5.70. The second-order valence-corrected chi connectivity index (χ2v) is 5.99.